The number of ether oxygens (including phenoxy) is 2. The van der Waals surface area contributed by atoms with Crippen LogP contribution in [0, 0.1) is 5.92 Å². The van der Waals surface area contributed by atoms with Crippen molar-refractivity contribution in [2.45, 2.75) is 66.3 Å². The maximum Gasteiger partial charge on any atom is 0.459 e. The lowest BCUT2D eigenvalue weighted by atomic mass is 10.0. The Kier molecular flexibility index (Phi) is 10.7. The lowest BCUT2D eigenvalue weighted by Crippen LogP contribution is -2.36. The van der Waals surface area contributed by atoms with Crippen molar-refractivity contribution in [3.63, 3.8) is 0 Å². The minimum Gasteiger partial charge on any atom is -0.462 e. The molecule has 2 heterocycles. The fourth-order valence-corrected chi connectivity index (χ4v) is 6.24. The van der Waals surface area contributed by atoms with E-state index in [1.807, 2.05) is 49.6 Å². The molecule has 0 unspecified atom stereocenters. The van der Waals surface area contributed by atoms with E-state index in [4.69, 9.17) is 40.8 Å². The number of nitrogens with two attached hydrogens (primary N) is 1. The van der Waals surface area contributed by atoms with Crippen LogP contribution >= 0.6 is 19.3 Å². The van der Waals surface area contributed by atoms with E-state index in [-0.39, 0.29) is 31.0 Å². The van der Waals surface area contributed by atoms with Crippen LogP contribution in [-0.4, -0.2) is 45.9 Å². The Hall–Kier alpha value is -3.21. The predicted molar refractivity (Wildman–Crippen MR) is 168 cm³/mol. The van der Waals surface area contributed by atoms with Crippen molar-refractivity contribution in [2.24, 2.45) is 5.92 Å². The third-order valence-corrected chi connectivity index (χ3v) is 8.57. The van der Waals surface area contributed by atoms with E-state index in [0.717, 1.165) is 16.4 Å². The SMILES string of the molecule is CCOCc1nc2c(N)nc3ccccc3c2n1[C@@H](CO[P@@](=O)(N[C@@H](C)C(=O)OC(C)C)Oc1ccc(Cl)cc1)C(C)C. The number of pyridine rings is 1. The van der Waals surface area contributed by atoms with Gasteiger partial charge in [-0.1, -0.05) is 43.6 Å². The standard InChI is InChI=1S/C30H39ClN5O6P/c1-7-39-17-26-34-27-28(23-10-8-9-11-24(23)33-29(27)32)36(26)25(18(2)3)16-40-43(38,35-20(6)30(37)41-19(4)5)42-22-14-12-21(31)13-15-22/h8-15,18-20,25H,7,16-17H2,1-6H3,(H2,32,33)(H,35,38)/t20-,25-,43-/m0/s1. The molecule has 0 saturated carbocycles. The van der Waals surface area contributed by atoms with E-state index >= 15 is 0 Å². The summed E-state index contributed by atoms with van der Waals surface area (Å²) < 4.78 is 39.4. The number of carbonyl (C=O) groups is 1. The molecule has 0 aliphatic rings. The Bertz CT molecular complexity index is 1610. The van der Waals surface area contributed by atoms with E-state index in [1.54, 1.807) is 38.1 Å². The molecule has 0 saturated heterocycles. The van der Waals surface area contributed by atoms with Gasteiger partial charge in [-0.25, -0.2) is 14.5 Å². The monoisotopic (exact) mass is 631 g/mol. The number of hydrogen-bond acceptors (Lipinski definition) is 9. The number of benzene rings is 2. The number of fused-ring (bicyclic) bond motifs is 3. The van der Waals surface area contributed by atoms with Crippen molar-refractivity contribution in [1.29, 1.82) is 0 Å². The molecule has 2 aromatic heterocycles. The van der Waals surface area contributed by atoms with Crippen LogP contribution in [-0.2, 0) is 30.0 Å². The Labute approximate surface area is 256 Å². The summed E-state index contributed by atoms with van der Waals surface area (Å²) in [5.41, 5.74) is 8.42. The zero-order valence-corrected chi connectivity index (χ0v) is 26.9. The van der Waals surface area contributed by atoms with Gasteiger partial charge in [0.25, 0.3) is 0 Å². The molecule has 0 spiro atoms. The molecule has 0 aliphatic heterocycles. The van der Waals surface area contributed by atoms with Crippen LogP contribution in [0.25, 0.3) is 21.9 Å². The van der Waals surface area contributed by atoms with Gasteiger partial charge in [-0.3, -0.25) is 9.32 Å². The van der Waals surface area contributed by atoms with Gasteiger partial charge in [0.1, 0.15) is 29.7 Å². The van der Waals surface area contributed by atoms with E-state index in [1.165, 1.54) is 6.92 Å². The highest BCUT2D eigenvalue weighted by molar-refractivity contribution is 7.52. The summed E-state index contributed by atoms with van der Waals surface area (Å²) in [6.07, 6.45) is -0.352. The lowest BCUT2D eigenvalue weighted by Gasteiger charge is -2.29. The molecule has 43 heavy (non-hydrogen) atoms. The second-order valence-corrected chi connectivity index (χ2v) is 12.9. The van der Waals surface area contributed by atoms with Crippen LogP contribution < -0.4 is 15.3 Å². The average molecular weight is 632 g/mol. The number of nitrogens with one attached hydrogen (secondary N) is 1. The van der Waals surface area contributed by atoms with E-state index in [9.17, 15) is 9.36 Å². The van der Waals surface area contributed by atoms with Gasteiger partial charge < -0.3 is 24.3 Å². The molecule has 3 atom stereocenters. The Morgan fingerprint density at radius 3 is 2.42 bits per heavy atom. The average Bonchev–Trinajstić information content (AvgIpc) is 3.32. The number of rotatable bonds is 14. The van der Waals surface area contributed by atoms with Gasteiger partial charge in [-0.2, -0.15) is 5.09 Å². The van der Waals surface area contributed by atoms with Crippen LogP contribution in [0.2, 0.25) is 5.02 Å². The molecule has 4 rings (SSSR count). The first-order chi connectivity index (χ1) is 20.4. The fourth-order valence-electron chi connectivity index (χ4n) is 4.61. The van der Waals surface area contributed by atoms with Crippen molar-refractivity contribution in [3.8, 4) is 5.75 Å². The van der Waals surface area contributed by atoms with Crippen molar-refractivity contribution in [1.82, 2.24) is 19.6 Å². The van der Waals surface area contributed by atoms with Crippen LogP contribution in [0.3, 0.4) is 0 Å². The normalized spacial score (nSPS) is 14.7. The largest absolute Gasteiger partial charge is 0.462 e. The molecule has 3 N–H and O–H groups in total. The molecule has 232 valence electrons. The molecule has 13 heteroatoms. The first-order valence-corrected chi connectivity index (χ1v) is 16.1. The smallest absolute Gasteiger partial charge is 0.459 e. The van der Waals surface area contributed by atoms with Crippen molar-refractivity contribution < 1.29 is 27.9 Å². The Morgan fingerprint density at radius 2 is 1.77 bits per heavy atom. The maximum absolute atomic E-state index is 14.3. The second kappa shape index (κ2) is 14.1. The second-order valence-electron chi connectivity index (χ2n) is 10.7. The highest BCUT2D eigenvalue weighted by Gasteiger charge is 2.35. The van der Waals surface area contributed by atoms with Gasteiger partial charge in [0.05, 0.1) is 29.8 Å². The summed E-state index contributed by atoms with van der Waals surface area (Å²) in [6, 6.07) is 12.6. The molecular weight excluding hydrogens is 593 g/mol. The molecule has 0 fully saturated rings. The maximum atomic E-state index is 14.3. The van der Waals surface area contributed by atoms with Crippen molar-refractivity contribution in [3.05, 3.63) is 59.4 Å². The predicted octanol–water partition coefficient (Wildman–Crippen LogP) is 6.69. The zero-order valence-electron chi connectivity index (χ0n) is 25.2. The Balaban J connectivity index is 1.76. The molecular formula is C30H39ClN5O6P. The van der Waals surface area contributed by atoms with Gasteiger partial charge in [0, 0.05) is 17.0 Å². The lowest BCUT2D eigenvalue weighted by molar-refractivity contribution is -0.149. The van der Waals surface area contributed by atoms with E-state index in [0.29, 0.717) is 28.8 Å². The summed E-state index contributed by atoms with van der Waals surface area (Å²) in [7, 11) is -4.16. The Morgan fingerprint density at radius 1 is 1.07 bits per heavy atom. The van der Waals surface area contributed by atoms with Crippen molar-refractivity contribution >= 4 is 53.1 Å². The van der Waals surface area contributed by atoms with Crippen LogP contribution in [0.4, 0.5) is 5.82 Å². The molecule has 2 aromatic carbocycles. The first kappa shape index (κ1) is 32.7. The van der Waals surface area contributed by atoms with Gasteiger partial charge in [0.15, 0.2) is 5.82 Å². The summed E-state index contributed by atoms with van der Waals surface area (Å²) in [5.74, 6) is 0.552. The number of imidazole rings is 1. The minimum atomic E-state index is -4.16. The van der Waals surface area contributed by atoms with E-state index < -0.39 is 25.8 Å². The molecule has 4 aromatic rings. The van der Waals surface area contributed by atoms with Gasteiger partial charge >= 0.3 is 13.7 Å². The van der Waals surface area contributed by atoms with Crippen LogP contribution in [0.15, 0.2) is 48.5 Å². The highest BCUT2D eigenvalue weighted by atomic mass is 35.5. The number of halogens is 1. The number of carbonyl (C=O) groups excluding carboxylic acids is 1. The third-order valence-electron chi connectivity index (χ3n) is 6.67. The molecule has 0 radical (unpaired) electrons. The van der Waals surface area contributed by atoms with Crippen LogP contribution in [0.1, 0.15) is 53.4 Å². The van der Waals surface area contributed by atoms with E-state index in [2.05, 4.69) is 10.1 Å². The number of nitrogen functional groups attached to an aromatic ring is 1. The molecule has 0 amide bonds. The molecule has 0 bridgehead atoms. The van der Waals surface area contributed by atoms with Crippen LogP contribution in [0.5, 0.6) is 5.75 Å². The summed E-state index contributed by atoms with van der Waals surface area (Å²) >= 11 is 6.04. The number of aromatic nitrogens is 3. The van der Waals surface area contributed by atoms with Crippen molar-refractivity contribution in [2.75, 3.05) is 18.9 Å². The number of nitrogens with zero attached hydrogens (tertiary/aromatic N) is 3. The summed E-state index contributed by atoms with van der Waals surface area (Å²) in [4.78, 5) is 22.0. The van der Waals surface area contributed by atoms with Gasteiger partial charge in [-0.05, 0) is 63.9 Å². The van der Waals surface area contributed by atoms with Gasteiger partial charge in [0.2, 0.25) is 0 Å². The summed E-state index contributed by atoms with van der Waals surface area (Å²) in [5, 5.41) is 4.09. The number of para-hydroxylation sites is 1. The number of hydrogen-bond donors (Lipinski definition) is 2. The fraction of sp³-hybridized carbons (Fsp3) is 0.433. The minimum absolute atomic E-state index is 0.0294. The molecule has 0 aliphatic carbocycles. The quantitative estimate of drug-likeness (QED) is 0.114. The first-order valence-electron chi connectivity index (χ1n) is 14.2. The topological polar surface area (TPSA) is 140 Å². The molecule has 11 nitrogen and oxygen atoms in total. The number of esters is 1. The highest BCUT2D eigenvalue weighted by Crippen LogP contribution is 2.47. The third kappa shape index (κ3) is 7.85. The van der Waals surface area contributed by atoms with Gasteiger partial charge in [-0.15, -0.1) is 0 Å². The summed E-state index contributed by atoms with van der Waals surface area (Å²) in [6.45, 7) is 11.6. The zero-order chi connectivity index (χ0) is 31.3. The number of anilines is 1.